The third-order valence-electron chi connectivity index (χ3n) is 2.52. The number of nitrogens with one attached hydrogen (secondary N) is 1. The number of fused-ring (bicyclic) bond motifs is 1. The summed E-state index contributed by atoms with van der Waals surface area (Å²) in [6, 6.07) is 1.79. The van der Waals surface area contributed by atoms with Gasteiger partial charge in [-0.25, -0.2) is 4.79 Å². The average Bonchev–Trinajstić information content (AvgIpc) is 2.48. The molecule has 3 nitrogen and oxygen atoms in total. The van der Waals surface area contributed by atoms with Crippen LogP contribution >= 0.6 is 11.3 Å². The molecule has 1 aromatic heterocycles. The Balaban J connectivity index is 2.49. The highest BCUT2D eigenvalue weighted by molar-refractivity contribution is 7.14. The molecule has 1 aliphatic rings. The Morgan fingerprint density at radius 1 is 1.64 bits per heavy atom. The van der Waals surface area contributed by atoms with Gasteiger partial charge in [-0.2, -0.15) is 0 Å². The van der Waals surface area contributed by atoms with Crippen LogP contribution in [-0.2, 0) is 12.0 Å². The van der Waals surface area contributed by atoms with Crippen molar-refractivity contribution in [3.63, 3.8) is 0 Å². The van der Waals surface area contributed by atoms with Crippen LogP contribution in [0.4, 0.5) is 0 Å². The summed E-state index contributed by atoms with van der Waals surface area (Å²) in [5.74, 6) is -0.819. The van der Waals surface area contributed by atoms with Crippen LogP contribution in [0.15, 0.2) is 6.07 Å². The molecule has 2 rings (SSSR count). The van der Waals surface area contributed by atoms with Crippen LogP contribution in [0.1, 0.15) is 34.0 Å². The quantitative estimate of drug-likeness (QED) is 0.745. The molecule has 0 bridgehead atoms. The van der Waals surface area contributed by atoms with Gasteiger partial charge < -0.3 is 10.4 Å². The molecule has 0 saturated carbocycles. The van der Waals surface area contributed by atoms with Crippen molar-refractivity contribution in [2.45, 2.75) is 25.8 Å². The third-order valence-corrected chi connectivity index (χ3v) is 4.05. The standard InChI is InChI=1S/C10H13NO2S/c1-10(2)5-11-4-6-3-7(9(12)13)14-8(6)10/h3,11H,4-5H2,1-2H3,(H,12,13). The first-order valence-electron chi connectivity index (χ1n) is 4.58. The van der Waals surface area contributed by atoms with E-state index < -0.39 is 5.97 Å². The number of hydrogen-bond acceptors (Lipinski definition) is 3. The Labute approximate surface area is 86.8 Å². The first-order valence-corrected chi connectivity index (χ1v) is 5.39. The van der Waals surface area contributed by atoms with Crippen LogP contribution in [0.3, 0.4) is 0 Å². The molecule has 0 fully saturated rings. The predicted octanol–water partition coefficient (Wildman–Crippen LogP) is 1.83. The molecule has 1 aliphatic heterocycles. The Hall–Kier alpha value is -0.870. The number of carboxylic acid groups (broad SMARTS) is 1. The van der Waals surface area contributed by atoms with Gasteiger partial charge in [0.25, 0.3) is 0 Å². The summed E-state index contributed by atoms with van der Waals surface area (Å²) >= 11 is 1.41. The minimum atomic E-state index is -0.819. The van der Waals surface area contributed by atoms with Crippen molar-refractivity contribution in [1.82, 2.24) is 5.32 Å². The lowest BCUT2D eigenvalue weighted by molar-refractivity contribution is 0.0702. The van der Waals surface area contributed by atoms with E-state index in [0.29, 0.717) is 4.88 Å². The first kappa shape index (κ1) is 9.68. The second-order valence-corrected chi connectivity index (χ2v) is 5.31. The maximum Gasteiger partial charge on any atom is 0.345 e. The van der Waals surface area contributed by atoms with Crippen LogP contribution < -0.4 is 5.32 Å². The molecular weight excluding hydrogens is 198 g/mol. The van der Waals surface area contributed by atoms with Crippen LogP contribution in [0.25, 0.3) is 0 Å². The Bertz CT molecular complexity index is 381. The van der Waals surface area contributed by atoms with Gasteiger partial charge in [0.1, 0.15) is 4.88 Å². The fourth-order valence-corrected chi connectivity index (χ4v) is 2.95. The van der Waals surface area contributed by atoms with Crippen LogP contribution in [0, 0.1) is 0 Å². The second kappa shape index (κ2) is 3.07. The monoisotopic (exact) mass is 211 g/mol. The Morgan fingerprint density at radius 3 is 2.93 bits per heavy atom. The predicted molar refractivity (Wildman–Crippen MR) is 56.0 cm³/mol. The summed E-state index contributed by atoms with van der Waals surface area (Å²) < 4.78 is 0. The van der Waals surface area contributed by atoms with E-state index in [1.165, 1.54) is 16.2 Å². The maximum atomic E-state index is 10.8. The van der Waals surface area contributed by atoms with Crippen molar-refractivity contribution in [2.75, 3.05) is 6.54 Å². The fourth-order valence-electron chi connectivity index (χ4n) is 1.83. The van der Waals surface area contributed by atoms with Crippen molar-refractivity contribution in [3.8, 4) is 0 Å². The first-order chi connectivity index (χ1) is 6.50. The number of thiophene rings is 1. The molecule has 1 aromatic rings. The van der Waals surface area contributed by atoms with Crippen LogP contribution in [0.2, 0.25) is 0 Å². The third kappa shape index (κ3) is 1.44. The summed E-state index contributed by atoms with van der Waals surface area (Å²) in [5.41, 5.74) is 1.20. The lowest BCUT2D eigenvalue weighted by Crippen LogP contribution is -2.37. The maximum absolute atomic E-state index is 10.8. The summed E-state index contributed by atoms with van der Waals surface area (Å²) in [4.78, 5) is 12.5. The minimum absolute atomic E-state index is 0.0615. The number of rotatable bonds is 1. The van der Waals surface area contributed by atoms with Gasteiger partial charge in [-0.15, -0.1) is 11.3 Å². The largest absolute Gasteiger partial charge is 0.477 e. The number of hydrogen-bond donors (Lipinski definition) is 2. The molecule has 2 heterocycles. The summed E-state index contributed by atoms with van der Waals surface area (Å²) in [6.07, 6.45) is 0. The molecule has 0 radical (unpaired) electrons. The van der Waals surface area contributed by atoms with E-state index >= 15 is 0 Å². The van der Waals surface area contributed by atoms with Gasteiger partial charge in [-0.3, -0.25) is 0 Å². The second-order valence-electron chi connectivity index (χ2n) is 4.26. The van der Waals surface area contributed by atoms with Crippen molar-refractivity contribution in [1.29, 1.82) is 0 Å². The molecule has 0 spiro atoms. The lowest BCUT2D eigenvalue weighted by Gasteiger charge is -2.30. The molecule has 2 N–H and O–H groups in total. The Morgan fingerprint density at radius 2 is 2.36 bits per heavy atom. The smallest absolute Gasteiger partial charge is 0.345 e. The highest BCUT2D eigenvalue weighted by Gasteiger charge is 2.30. The number of carboxylic acids is 1. The lowest BCUT2D eigenvalue weighted by atomic mass is 9.86. The van der Waals surface area contributed by atoms with E-state index in [2.05, 4.69) is 19.2 Å². The van der Waals surface area contributed by atoms with Crippen LogP contribution in [0.5, 0.6) is 0 Å². The summed E-state index contributed by atoms with van der Waals surface area (Å²) in [7, 11) is 0. The van der Waals surface area contributed by atoms with E-state index in [4.69, 9.17) is 5.11 Å². The Kier molecular flexibility index (Phi) is 2.12. The zero-order valence-corrected chi connectivity index (χ0v) is 9.07. The zero-order valence-electron chi connectivity index (χ0n) is 8.26. The van der Waals surface area contributed by atoms with Crippen molar-refractivity contribution >= 4 is 17.3 Å². The normalized spacial score (nSPS) is 19.0. The SMILES string of the molecule is CC1(C)CNCc2cc(C(=O)O)sc21. The molecule has 0 atom stereocenters. The topological polar surface area (TPSA) is 49.3 Å². The van der Waals surface area contributed by atoms with Crippen molar-refractivity contribution < 1.29 is 9.90 Å². The van der Waals surface area contributed by atoms with E-state index in [0.717, 1.165) is 18.7 Å². The van der Waals surface area contributed by atoms with Gasteiger partial charge in [0.05, 0.1) is 0 Å². The highest BCUT2D eigenvalue weighted by atomic mass is 32.1. The van der Waals surface area contributed by atoms with E-state index in [1.807, 2.05) is 0 Å². The van der Waals surface area contributed by atoms with Gasteiger partial charge in [0, 0.05) is 23.4 Å². The number of aromatic carboxylic acids is 1. The highest BCUT2D eigenvalue weighted by Crippen LogP contribution is 2.36. The summed E-state index contributed by atoms with van der Waals surface area (Å²) in [5, 5.41) is 12.2. The molecule has 76 valence electrons. The average molecular weight is 211 g/mol. The van der Waals surface area contributed by atoms with Gasteiger partial charge in [0.2, 0.25) is 0 Å². The van der Waals surface area contributed by atoms with Crippen LogP contribution in [-0.4, -0.2) is 17.6 Å². The molecule has 4 heteroatoms. The van der Waals surface area contributed by atoms with E-state index in [-0.39, 0.29) is 5.41 Å². The fraction of sp³-hybridized carbons (Fsp3) is 0.500. The van der Waals surface area contributed by atoms with Gasteiger partial charge in [-0.05, 0) is 11.6 Å². The minimum Gasteiger partial charge on any atom is -0.477 e. The van der Waals surface area contributed by atoms with Crippen molar-refractivity contribution in [2.24, 2.45) is 0 Å². The molecule has 0 amide bonds. The van der Waals surface area contributed by atoms with E-state index in [9.17, 15) is 4.79 Å². The number of carbonyl (C=O) groups is 1. The molecule has 0 unspecified atom stereocenters. The molecule has 0 aromatic carbocycles. The molecule has 14 heavy (non-hydrogen) atoms. The molecule has 0 saturated heterocycles. The van der Waals surface area contributed by atoms with Gasteiger partial charge >= 0.3 is 5.97 Å². The van der Waals surface area contributed by atoms with Gasteiger partial charge in [-0.1, -0.05) is 13.8 Å². The van der Waals surface area contributed by atoms with E-state index in [1.54, 1.807) is 6.07 Å². The molecule has 0 aliphatic carbocycles. The zero-order chi connectivity index (χ0) is 10.3. The van der Waals surface area contributed by atoms with Crippen molar-refractivity contribution in [3.05, 3.63) is 21.4 Å². The summed E-state index contributed by atoms with van der Waals surface area (Å²) in [6.45, 7) is 5.99. The van der Waals surface area contributed by atoms with Gasteiger partial charge in [0.15, 0.2) is 0 Å². The molecular formula is C10H13NO2S.